The largest absolute Gasteiger partial charge is 0.413 e. The Balaban J connectivity index is 0.000000202. The van der Waals surface area contributed by atoms with E-state index >= 15 is 0 Å². The maximum absolute atomic E-state index is 9.21. The van der Waals surface area contributed by atoms with Crippen LogP contribution in [0.4, 0.5) is 0 Å². The second kappa shape index (κ2) is 5.55. The fourth-order valence-corrected chi connectivity index (χ4v) is 0.253. The minimum atomic E-state index is -4.38. The second-order valence-corrected chi connectivity index (χ2v) is 2.48. The Hall–Kier alpha value is -1.09. The van der Waals surface area contributed by atoms with Gasteiger partial charge in [0.2, 0.25) is 0 Å². The van der Waals surface area contributed by atoms with Crippen molar-refractivity contribution in [3.8, 4) is 0 Å². The molecule has 8 heteroatoms. The van der Waals surface area contributed by atoms with Crippen LogP contribution in [0, 0.1) is 0 Å². The number of aromatic nitrogens is 2. The number of nitrogens with zero attached hydrogens (tertiary/aromatic N) is 2. The van der Waals surface area contributed by atoms with Crippen molar-refractivity contribution in [3.05, 3.63) is 24.8 Å². The van der Waals surface area contributed by atoms with Crippen LogP contribution in [0.2, 0.25) is 0 Å². The lowest BCUT2D eigenvalue weighted by molar-refractivity contribution is 0.277. The summed E-state index contributed by atoms with van der Waals surface area (Å²) in [6, 6.07) is 1.78. The number of rotatable bonds is 1. The molecule has 0 spiro atoms. The number of hydrogen-bond donors (Lipinski definition) is 2. The van der Waals surface area contributed by atoms with Crippen LogP contribution in [0.1, 0.15) is 0 Å². The van der Waals surface area contributed by atoms with Crippen molar-refractivity contribution in [1.82, 2.24) is 9.97 Å². The Labute approximate surface area is 69.1 Å². The van der Waals surface area contributed by atoms with Crippen molar-refractivity contribution in [2.24, 2.45) is 5.90 Å². The molecule has 0 aliphatic heterocycles. The van der Waals surface area contributed by atoms with Gasteiger partial charge in [0.1, 0.15) is 6.33 Å². The average molecular weight is 193 g/mol. The first kappa shape index (κ1) is 10.9. The fraction of sp³-hybridized carbons (Fsp3) is 0. The Morgan fingerprint density at radius 1 is 1.33 bits per heavy atom. The van der Waals surface area contributed by atoms with E-state index in [1.807, 2.05) is 0 Å². The van der Waals surface area contributed by atoms with Gasteiger partial charge in [0.25, 0.3) is 0 Å². The van der Waals surface area contributed by atoms with Gasteiger partial charge in [0.15, 0.2) is 0 Å². The third kappa shape index (κ3) is 8.91. The van der Waals surface area contributed by atoms with Gasteiger partial charge in [-0.05, 0) is 6.07 Å². The third-order valence-corrected chi connectivity index (χ3v) is 0.842. The molecular weight excluding hydrogens is 186 g/mol. The zero-order valence-corrected chi connectivity index (χ0v) is 6.68. The monoisotopic (exact) mass is 193 g/mol. The zero-order valence-electron chi connectivity index (χ0n) is 5.86. The summed E-state index contributed by atoms with van der Waals surface area (Å²) in [5, 5.41) is 0. The first-order valence-corrected chi connectivity index (χ1v) is 3.98. The van der Waals surface area contributed by atoms with Crippen molar-refractivity contribution in [3.63, 3.8) is 0 Å². The van der Waals surface area contributed by atoms with E-state index in [2.05, 4.69) is 20.1 Å². The molecule has 12 heavy (non-hydrogen) atoms. The van der Waals surface area contributed by atoms with E-state index in [0.29, 0.717) is 0 Å². The molecule has 0 fully saturated rings. The molecule has 0 saturated carbocycles. The summed E-state index contributed by atoms with van der Waals surface area (Å²) < 4.78 is 28.8. The smallest absolute Gasteiger partial charge is 0.262 e. The van der Waals surface area contributed by atoms with Crippen molar-refractivity contribution >= 4 is 10.4 Å². The molecular formula is C4H7N3O4S. The summed E-state index contributed by atoms with van der Waals surface area (Å²) in [4.78, 5) is 7.35. The topological polar surface area (TPSA) is 115 Å². The summed E-state index contributed by atoms with van der Waals surface area (Å²) >= 11 is 0. The maximum atomic E-state index is 9.21. The molecule has 0 aliphatic rings. The van der Waals surface area contributed by atoms with E-state index in [-0.39, 0.29) is 0 Å². The first-order chi connectivity index (χ1) is 5.56. The van der Waals surface area contributed by atoms with Gasteiger partial charge in [0.05, 0.1) is 0 Å². The Morgan fingerprint density at radius 2 is 1.75 bits per heavy atom. The van der Waals surface area contributed by atoms with Crippen LogP contribution < -0.4 is 5.90 Å². The highest BCUT2D eigenvalue weighted by molar-refractivity contribution is 7.80. The average Bonchev–Trinajstić information content (AvgIpc) is 2.07. The molecule has 7 nitrogen and oxygen atoms in total. The van der Waals surface area contributed by atoms with E-state index in [0.717, 1.165) is 0 Å². The van der Waals surface area contributed by atoms with Crippen LogP contribution in [0.3, 0.4) is 0 Å². The van der Waals surface area contributed by atoms with E-state index in [1.54, 1.807) is 18.5 Å². The van der Waals surface area contributed by atoms with Crippen molar-refractivity contribution in [1.29, 1.82) is 0 Å². The van der Waals surface area contributed by atoms with E-state index in [1.165, 1.54) is 6.33 Å². The number of hydrogen-bond acceptors (Lipinski definition) is 6. The van der Waals surface area contributed by atoms with Crippen LogP contribution in [0.25, 0.3) is 0 Å². The minimum Gasteiger partial charge on any atom is -0.262 e. The molecule has 3 N–H and O–H groups in total. The van der Waals surface area contributed by atoms with Crippen LogP contribution in [0.15, 0.2) is 24.8 Å². The molecule has 0 amide bonds. The summed E-state index contributed by atoms with van der Waals surface area (Å²) in [6.45, 7) is 0. The lowest BCUT2D eigenvalue weighted by Crippen LogP contribution is -2.08. The summed E-state index contributed by atoms with van der Waals surface area (Å²) in [5.41, 5.74) is 0. The van der Waals surface area contributed by atoms with Crippen LogP contribution >= 0.6 is 0 Å². The Morgan fingerprint density at radius 3 is 1.83 bits per heavy atom. The van der Waals surface area contributed by atoms with Crippen molar-refractivity contribution in [2.45, 2.75) is 0 Å². The minimum absolute atomic E-state index is 1.50. The Bertz CT molecular complexity index is 260. The van der Waals surface area contributed by atoms with Gasteiger partial charge in [-0.3, -0.25) is 4.55 Å². The highest BCUT2D eigenvalue weighted by atomic mass is 32.3. The lowest BCUT2D eigenvalue weighted by Gasteiger charge is -1.81. The summed E-state index contributed by atoms with van der Waals surface area (Å²) in [5.74, 6) is 3.97. The molecule has 0 bridgehead atoms. The van der Waals surface area contributed by atoms with Crippen LogP contribution in [-0.2, 0) is 14.7 Å². The van der Waals surface area contributed by atoms with E-state index in [4.69, 9.17) is 4.55 Å². The highest BCUT2D eigenvalue weighted by Crippen LogP contribution is 1.71. The predicted molar refractivity (Wildman–Crippen MR) is 38.9 cm³/mol. The zero-order chi connectivity index (χ0) is 9.45. The normalized spacial score (nSPS) is 9.83. The molecule has 0 unspecified atom stereocenters. The van der Waals surface area contributed by atoms with Crippen LogP contribution in [-0.4, -0.2) is 22.9 Å². The fourth-order valence-electron chi connectivity index (χ4n) is 0.253. The maximum Gasteiger partial charge on any atom is 0.413 e. The van der Waals surface area contributed by atoms with Crippen LogP contribution in [0.5, 0.6) is 0 Å². The first-order valence-electron chi connectivity index (χ1n) is 2.62. The van der Waals surface area contributed by atoms with E-state index < -0.39 is 10.4 Å². The molecule has 1 aromatic heterocycles. The molecule has 0 radical (unpaired) electrons. The second-order valence-electron chi connectivity index (χ2n) is 1.43. The lowest BCUT2D eigenvalue weighted by atomic mass is 10.7. The summed E-state index contributed by atoms with van der Waals surface area (Å²) in [6.07, 6.45) is 4.88. The third-order valence-electron chi connectivity index (χ3n) is 0.599. The molecule has 1 aromatic rings. The standard InChI is InChI=1S/C4H4N2.H3NO4S/c1-2-5-4-6-3-1;1-5-6(2,3)4/h1-4H;1H2,(H,2,3,4). The Kier molecular flexibility index (Phi) is 5.04. The van der Waals surface area contributed by atoms with Gasteiger partial charge in [-0.2, -0.15) is 18.6 Å². The number of nitrogens with two attached hydrogens (primary N) is 1. The molecule has 1 rings (SSSR count). The van der Waals surface area contributed by atoms with Gasteiger partial charge >= 0.3 is 10.4 Å². The molecule has 0 saturated heterocycles. The molecule has 68 valence electrons. The highest BCUT2D eigenvalue weighted by Gasteiger charge is 1.95. The predicted octanol–water partition coefficient (Wildman–Crippen LogP) is -0.844. The molecule has 0 aliphatic carbocycles. The molecule has 0 atom stereocenters. The molecule has 0 aromatic carbocycles. The SMILES string of the molecule is NOS(=O)(=O)O.c1cncnc1. The van der Waals surface area contributed by atoms with Gasteiger partial charge in [-0.15, -0.1) is 0 Å². The van der Waals surface area contributed by atoms with Crippen molar-refractivity contribution in [2.75, 3.05) is 0 Å². The quantitative estimate of drug-likeness (QED) is 0.441. The molecule has 1 heterocycles. The van der Waals surface area contributed by atoms with Gasteiger partial charge in [0, 0.05) is 12.4 Å². The summed E-state index contributed by atoms with van der Waals surface area (Å²) in [7, 11) is -4.38. The van der Waals surface area contributed by atoms with Gasteiger partial charge < -0.3 is 0 Å². The van der Waals surface area contributed by atoms with Crippen molar-refractivity contribution < 1.29 is 17.3 Å². The van der Waals surface area contributed by atoms with Gasteiger partial charge in [-0.1, -0.05) is 0 Å². The van der Waals surface area contributed by atoms with Gasteiger partial charge in [-0.25, -0.2) is 9.97 Å². The van der Waals surface area contributed by atoms with E-state index in [9.17, 15) is 8.42 Å².